The summed E-state index contributed by atoms with van der Waals surface area (Å²) in [5, 5.41) is 14.3. The van der Waals surface area contributed by atoms with Crippen molar-refractivity contribution in [2.75, 3.05) is 13.2 Å². The highest BCUT2D eigenvalue weighted by Gasteiger charge is 2.52. The maximum atomic E-state index is 13.2. The van der Waals surface area contributed by atoms with Gasteiger partial charge in [0.05, 0.1) is 6.42 Å². The fourth-order valence-corrected chi connectivity index (χ4v) is 5.73. The molecule has 262 valence electrons. The van der Waals surface area contributed by atoms with E-state index in [9.17, 15) is 38.7 Å². The van der Waals surface area contributed by atoms with Crippen molar-refractivity contribution >= 4 is 41.8 Å². The molecule has 6 atom stereocenters. The predicted octanol–water partition coefficient (Wildman–Crippen LogP) is 1.57. The van der Waals surface area contributed by atoms with Crippen molar-refractivity contribution < 1.29 is 67.1 Å². The van der Waals surface area contributed by atoms with Crippen LogP contribution in [0.15, 0.2) is 48.5 Å². The first-order valence-electron chi connectivity index (χ1n) is 15.2. The van der Waals surface area contributed by atoms with Crippen molar-refractivity contribution in [3.8, 4) is 11.1 Å². The van der Waals surface area contributed by atoms with Crippen molar-refractivity contribution in [3.63, 3.8) is 0 Å². The number of hydrogen-bond acceptors (Lipinski definition) is 13. The lowest BCUT2D eigenvalue weighted by atomic mass is 9.97. The van der Waals surface area contributed by atoms with E-state index in [0.29, 0.717) is 0 Å². The molecule has 1 heterocycles. The van der Waals surface area contributed by atoms with Gasteiger partial charge in [0.1, 0.15) is 25.4 Å². The zero-order valence-corrected chi connectivity index (χ0v) is 27.0. The van der Waals surface area contributed by atoms with Crippen LogP contribution in [0.5, 0.6) is 0 Å². The highest BCUT2D eigenvalue weighted by atomic mass is 16.7. The maximum Gasteiger partial charge on any atom is 0.407 e. The molecule has 0 bridgehead atoms. The van der Waals surface area contributed by atoms with E-state index in [4.69, 9.17) is 28.4 Å². The van der Waals surface area contributed by atoms with Crippen LogP contribution in [0, 0.1) is 0 Å². The standard InChI is InChI=1S/C33H36N2O14/c1-16(36)44-15-26-28(46-17(2)37)29(47-18(3)38)30(48-19(4)39)31(49-26)35-27(40)13-25(32(41)42)34-33(43)45-14-24-22-11-7-5-9-20(22)21-10-6-8-12-23(21)24/h5-12,24-26,28-31H,13-15H2,1-4H3,(H,34,43)(H,35,40)(H,41,42)/t25-,26+,28-,29+,30+,31-/m1/s1. The topological polar surface area (TPSA) is 219 Å². The molecule has 2 aromatic rings. The van der Waals surface area contributed by atoms with Gasteiger partial charge in [-0.05, 0) is 22.3 Å². The summed E-state index contributed by atoms with van der Waals surface area (Å²) in [5.41, 5.74) is 3.87. The van der Waals surface area contributed by atoms with E-state index >= 15 is 0 Å². The molecule has 0 spiro atoms. The number of rotatable bonds is 12. The summed E-state index contributed by atoms with van der Waals surface area (Å²) in [6.07, 6.45) is -9.53. The van der Waals surface area contributed by atoms with Crippen LogP contribution >= 0.6 is 0 Å². The molecule has 16 heteroatoms. The molecule has 0 saturated carbocycles. The molecule has 0 aromatic heterocycles. The number of carbonyl (C=O) groups excluding carboxylic acids is 6. The average Bonchev–Trinajstić information content (AvgIpc) is 3.34. The molecule has 2 aromatic carbocycles. The maximum absolute atomic E-state index is 13.2. The molecule has 1 aliphatic heterocycles. The Morgan fingerprint density at radius 3 is 1.78 bits per heavy atom. The smallest absolute Gasteiger partial charge is 0.407 e. The van der Waals surface area contributed by atoms with Crippen LogP contribution < -0.4 is 10.6 Å². The Morgan fingerprint density at radius 1 is 0.714 bits per heavy atom. The van der Waals surface area contributed by atoms with Crippen LogP contribution in [-0.2, 0) is 57.2 Å². The molecule has 1 saturated heterocycles. The van der Waals surface area contributed by atoms with Gasteiger partial charge in [-0.15, -0.1) is 0 Å². The number of benzene rings is 2. The first kappa shape index (κ1) is 36.3. The van der Waals surface area contributed by atoms with Crippen LogP contribution in [0.1, 0.15) is 51.2 Å². The van der Waals surface area contributed by atoms with E-state index < -0.39 is 91.6 Å². The van der Waals surface area contributed by atoms with Gasteiger partial charge in [-0.3, -0.25) is 24.0 Å². The van der Waals surface area contributed by atoms with E-state index in [2.05, 4.69) is 10.6 Å². The first-order valence-corrected chi connectivity index (χ1v) is 15.2. The zero-order valence-electron chi connectivity index (χ0n) is 27.0. The number of fused-ring (bicyclic) bond motifs is 3. The third-order valence-corrected chi connectivity index (χ3v) is 7.62. The van der Waals surface area contributed by atoms with Crippen molar-refractivity contribution in [2.45, 2.75) is 76.7 Å². The second-order valence-corrected chi connectivity index (χ2v) is 11.3. The molecule has 2 amide bonds. The number of amides is 2. The fraction of sp³-hybridized carbons (Fsp3) is 0.424. The van der Waals surface area contributed by atoms with Gasteiger partial charge < -0.3 is 44.2 Å². The van der Waals surface area contributed by atoms with Crippen molar-refractivity contribution in [1.29, 1.82) is 0 Å². The minimum absolute atomic E-state index is 0.108. The van der Waals surface area contributed by atoms with Crippen LogP contribution in [0.2, 0.25) is 0 Å². The van der Waals surface area contributed by atoms with Gasteiger partial charge in [0.15, 0.2) is 24.5 Å². The highest BCUT2D eigenvalue weighted by molar-refractivity contribution is 5.87. The summed E-state index contributed by atoms with van der Waals surface area (Å²) < 4.78 is 32.1. The molecule has 2 aliphatic rings. The molecule has 3 N–H and O–H groups in total. The molecule has 1 aliphatic carbocycles. The second-order valence-electron chi connectivity index (χ2n) is 11.3. The van der Waals surface area contributed by atoms with Gasteiger partial charge in [-0.1, -0.05) is 48.5 Å². The Morgan fingerprint density at radius 2 is 1.24 bits per heavy atom. The average molecular weight is 685 g/mol. The quantitative estimate of drug-likeness (QED) is 0.214. The van der Waals surface area contributed by atoms with Gasteiger partial charge in [0.25, 0.3) is 0 Å². The van der Waals surface area contributed by atoms with Crippen molar-refractivity contribution in [3.05, 3.63) is 59.7 Å². The van der Waals surface area contributed by atoms with Gasteiger partial charge >= 0.3 is 35.9 Å². The first-order chi connectivity index (χ1) is 23.2. The monoisotopic (exact) mass is 684 g/mol. The van der Waals surface area contributed by atoms with Crippen LogP contribution in [0.4, 0.5) is 4.79 Å². The summed E-state index contributed by atoms with van der Waals surface area (Å²) in [4.78, 5) is 85.5. The van der Waals surface area contributed by atoms with Gasteiger partial charge in [0.2, 0.25) is 5.91 Å². The Balaban J connectivity index is 1.46. The van der Waals surface area contributed by atoms with Crippen molar-refractivity contribution in [1.82, 2.24) is 10.6 Å². The largest absolute Gasteiger partial charge is 0.480 e. The lowest BCUT2D eigenvalue weighted by Gasteiger charge is -2.44. The van der Waals surface area contributed by atoms with Gasteiger partial charge in [0, 0.05) is 33.6 Å². The van der Waals surface area contributed by atoms with E-state index in [1.807, 2.05) is 48.5 Å². The normalized spacial score (nSPS) is 21.5. The minimum atomic E-state index is -1.78. The second kappa shape index (κ2) is 16.1. The number of carboxylic acid groups (broad SMARTS) is 1. The summed E-state index contributed by atoms with van der Waals surface area (Å²) in [6, 6.07) is 13.5. The number of aliphatic carboxylic acids is 1. The molecule has 16 nitrogen and oxygen atoms in total. The third kappa shape index (κ3) is 9.31. The SMILES string of the molecule is CC(=O)OC[C@@H]1O[C@@H](NC(=O)C[C@@H](NC(=O)OCC2c3ccccc3-c3ccccc32)C(=O)O)[C@@H](OC(C)=O)[C@@H](OC(C)=O)[C@@H]1OC(C)=O. The predicted molar refractivity (Wildman–Crippen MR) is 164 cm³/mol. The van der Waals surface area contributed by atoms with E-state index in [0.717, 1.165) is 49.9 Å². The number of nitrogens with one attached hydrogen (secondary N) is 2. The number of carboxylic acids is 1. The molecular formula is C33H36N2O14. The van der Waals surface area contributed by atoms with E-state index in [1.165, 1.54) is 0 Å². The molecule has 4 rings (SSSR count). The molecule has 0 unspecified atom stereocenters. The summed E-state index contributed by atoms with van der Waals surface area (Å²) in [7, 11) is 0. The number of hydrogen-bond donors (Lipinski definition) is 3. The van der Waals surface area contributed by atoms with Gasteiger partial charge in [-0.25, -0.2) is 9.59 Å². The van der Waals surface area contributed by atoms with Crippen LogP contribution in [0.25, 0.3) is 11.1 Å². The summed E-state index contributed by atoms with van der Waals surface area (Å²) >= 11 is 0. The van der Waals surface area contributed by atoms with Crippen LogP contribution in [0.3, 0.4) is 0 Å². The Hall–Kier alpha value is -5.51. The molecular weight excluding hydrogens is 648 g/mol. The molecule has 0 radical (unpaired) electrons. The van der Waals surface area contributed by atoms with Gasteiger partial charge in [-0.2, -0.15) is 0 Å². The molecule has 1 fully saturated rings. The van der Waals surface area contributed by atoms with Crippen molar-refractivity contribution in [2.24, 2.45) is 0 Å². The van der Waals surface area contributed by atoms with E-state index in [1.54, 1.807) is 0 Å². The number of ether oxygens (including phenoxy) is 6. The Bertz CT molecular complexity index is 1560. The number of carbonyl (C=O) groups is 7. The minimum Gasteiger partial charge on any atom is -0.480 e. The zero-order chi connectivity index (χ0) is 35.8. The number of esters is 4. The highest BCUT2D eigenvalue weighted by Crippen LogP contribution is 2.44. The van der Waals surface area contributed by atoms with E-state index in [-0.39, 0.29) is 12.5 Å². The molecule has 49 heavy (non-hydrogen) atoms. The number of alkyl carbamates (subject to hydrolysis) is 1. The summed E-state index contributed by atoms with van der Waals surface area (Å²) in [6.45, 7) is 3.57. The Kier molecular flexibility index (Phi) is 11.9. The van der Waals surface area contributed by atoms with Crippen LogP contribution in [-0.4, -0.2) is 96.9 Å². The third-order valence-electron chi connectivity index (χ3n) is 7.62. The lowest BCUT2D eigenvalue weighted by Crippen LogP contribution is -2.66. The Labute approximate surface area is 280 Å². The summed E-state index contributed by atoms with van der Waals surface area (Å²) in [5.74, 6) is -6.22. The lowest BCUT2D eigenvalue weighted by molar-refractivity contribution is -0.257. The fourth-order valence-electron chi connectivity index (χ4n) is 5.73.